The number of nitrogens with zero attached hydrogens (tertiary/aromatic N) is 2. The minimum atomic E-state index is -0.427. The van der Waals surface area contributed by atoms with E-state index in [1.54, 1.807) is 50.4 Å². The Morgan fingerprint density at radius 1 is 1.21 bits per heavy atom. The Morgan fingerprint density at radius 2 is 2.00 bits per heavy atom. The Morgan fingerprint density at radius 3 is 2.67 bits per heavy atom. The van der Waals surface area contributed by atoms with Crippen LogP contribution in [0, 0.1) is 25.2 Å². The zero-order valence-electron chi connectivity index (χ0n) is 18.5. The third-order valence-corrected chi connectivity index (χ3v) is 5.18. The van der Waals surface area contributed by atoms with Crippen LogP contribution < -0.4 is 20.9 Å². The van der Waals surface area contributed by atoms with Gasteiger partial charge in [-0.1, -0.05) is 0 Å². The molecule has 0 aliphatic carbocycles. The van der Waals surface area contributed by atoms with Crippen molar-refractivity contribution in [1.82, 2.24) is 9.97 Å². The summed E-state index contributed by atoms with van der Waals surface area (Å²) in [5.74, 6) is -0.190. The summed E-state index contributed by atoms with van der Waals surface area (Å²) in [5, 5.41) is 14.7. The van der Waals surface area contributed by atoms with E-state index in [1.165, 1.54) is 13.3 Å². The average molecular weight is 445 g/mol. The zero-order chi connectivity index (χ0) is 24.0. The van der Waals surface area contributed by atoms with Crippen molar-refractivity contribution in [3.63, 3.8) is 0 Å². The van der Waals surface area contributed by atoms with Crippen LogP contribution in [-0.4, -0.2) is 28.9 Å². The van der Waals surface area contributed by atoms with Gasteiger partial charge in [0, 0.05) is 36.3 Å². The van der Waals surface area contributed by atoms with E-state index in [0.29, 0.717) is 40.4 Å². The second-order valence-electron chi connectivity index (χ2n) is 7.33. The standard InChI is InChI=1S/C24H23N5O4/c1-14-18(15(2)27-24(32)19(14)12-25)7-9-22(30)28-17-6-8-20(21(11-17)33-3)29-23(31)16-5-4-10-26-13-16/h4-6,8,10-11,13H,7,9H2,1-3H3,(H,27,32)(H,28,30)(H,29,31). The van der Waals surface area contributed by atoms with E-state index in [2.05, 4.69) is 20.6 Å². The number of benzene rings is 1. The molecule has 0 aliphatic rings. The van der Waals surface area contributed by atoms with Crippen LogP contribution in [0.4, 0.5) is 11.4 Å². The molecule has 0 radical (unpaired) electrons. The van der Waals surface area contributed by atoms with Crippen molar-refractivity contribution in [1.29, 1.82) is 5.26 Å². The first-order valence-corrected chi connectivity index (χ1v) is 10.2. The van der Waals surface area contributed by atoms with Crippen LogP contribution in [0.2, 0.25) is 0 Å². The van der Waals surface area contributed by atoms with E-state index in [4.69, 9.17) is 4.74 Å². The highest BCUT2D eigenvalue weighted by molar-refractivity contribution is 6.05. The number of hydrogen-bond donors (Lipinski definition) is 3. The van der Waals surface area contributed by atoms with E-state index in [1.807, 2.05) is 6.07 Å². The van der Waals surface area contributed by atoms with Crippen molar-refractivity contribution in [3.05, 3.63) is 81.0 Å². The lowest BCUT2D eigenvalue weighted by Gasteiger charge is -2.13. The van der Waals surface area contributed by atoms with Gasteiger partial charge in [-0.3, -0.25) is 19.4 Å². The Kier molecular flexibility index (Phi) is 7.20. The van der Waals surface area contributed by atoms with Crippen LogP contribution in [0.3, 0.4) is 0 Å². The first-order valence-electron chi connectivity index (χ1n) is 10.2. The van der Waals surface area contributed by atoms with Gasteiger partial charge in [-0.2, -0.15) is 5.26 Å². The summed E-state index contributed by atoms with van der Waals surface area (Å²) in [7, 11) is 1.47. The Balaban J connectivity index is 1.68. The van der Waals surface area contributed by atoms with Crippen LogP contribution in [-0.2, 0) is 11.2 Å². The molecule has 0 fully saturated rings. The minimum Gasteiger partial charge on any atom is -0.494 e. The number of carbonyl (C=O) groups is 2. The average Bonchev–Trinajstić information content (AvgIpc) is 2.80. The lowest BCUT2D eigenvalue weighted by atomic mass is 9.99. The number of amides is 2. The van der Waals surface area contributed by atoms with Crippen LogP contribution in [0.1, 0.15) is 39.2 Å². The normalized spacial score (nSPS) is 10.2. The van der Waals surface area contributed by atoms with Crippen molar-refractivity contribution in [2.45, 2.75) is 26.7 Å². The summed E-state index contributed by atoms with van der Waals surface area (Å²) in [6.07, 6.45) is 3.56. The summed E-state index contributed by atoms with van der Waals surface area (Å²) in [6.45, 7) is 3.45. The molecule has 0 spiro atoms. The highest BCUT2D eigenvalue weighted by Gasteiger charge is 2.15. The third-order valence-electron chi connectivity index (χ3n) is 5.18. The van der Waals surface area contributed by atoms with Crippen molar-refractivity contribution in [2.75, 3.05) is 17.7 Å². The van der Waals surface area contributed by atoms with E-state index in [-0.39, 0.29) is 23.8 Å². The van der Waals surface area contributed by atoms with Gasteiger partial charge in [0.1, 0.15) is 17.4 Å². The molecule has 3 rings (SSSR count). The van der Waals surface area contributed by atoms with Gasteiger partial charge in [0.05, 0.1) is 18.4 Å². The molecule has 0 unspecified atom stereocenters. The van der Waals surface area contributed by atoms with Crippen LogP contribution in [0.5, 0.6) is 5.75 Å². The number of methoxy groups -OCH3 is 1. The number of carbonyl (C=O) groups excluding carboxylic acids is 2. The van der Waals surface area contributed by atoms with Gasteiger partial charge < -0.3 is 20.4 Å². The van der Waals surface area contributed by atoms with E-state index < -0.39 is 5.56 Å². The Hall–Kier alpha value is -4.45. The molecule has 9 nitrogen and oxygen atoms in total. The number of aromatic amines is 1. The van der Waals surface area contributed by atoms with Gasteiger partial charge in [-0.25, -0.2) is 0 Å². The fourth-order valence-electron chi connectivity index (χ4n) is 3.45. The molecule has 0 bridgehead atoms. The van der Waals surface area contributed by atoms with Crippen LogP contribution >= 0.6 is 0 Å². The summed E-state index contributed by atoms with van der Waals surface area (Å²) in [6, 6.07) is 10.1. The predicted octanol–water partition coefficient (Wildman–Crippen LogP) is 3.09. The Labute approximate surface area is 190 Å². The fraction of sp³-hybridized carbons (Fsp3) is 0.208. The predicted molar refractivity (Wildman–Crippen MR) is 123 cm³/mol. The van der Waals surface area contributed by atoms with Crippen molar-refractivity contribution < 1.29 is 14.3 Å². The number of hydrogen-bond acceptors (Lipinski definition) is 6. The molecule has 168 valence electrons. The second-order valence-corrected chi connectivity index (χ2v) is 7.33. The molecule has 3 N–H and O–H groups in total. The number of nitrogens with one attached hydrogen (secondary N) is 3. The second kappa shape index (κ2) is 10.2. The van der Waals surface area contributed by atoms with E-state index in [0.717, 1.165) is 5.56 Å². The van der Waals surface area contributed by atoms with Crippen molar-refractivity contribution in [3.8, 4) is 11.8 Å². The highest BCUT2D eigenvalue weighted by Crippen LogP contribution is 2.28. The zero-order valence-corrected chi connectivity index (χ0v) is 18.5. The quantitative estimate of drug-likeness (QED) is 0.511. The molecule has 0 saturated heterocycles. The van der Waals surface area contributed by atoms with Crippen LogP contribution in [0.25, 0.3) is 0 Å². The molecule has 2 aromatic heterocycles. The van der Waals surface area contributed by atoms with Crippen molar-refractivity contribution in [2.24, 2.45) is 0 Å². The summed E-state index contributed by atoms with van der Waals surface area (Å²) >= 11 is 0. The smallest absolute Gasteiger partial charge is 0.266 e. The molecule has 0 saturated carbocycles. The molecule has 3 aromatic rings. The Bertz CT molecular complexity index is 1290. The van der Waals surface area contributed by atoms with E-state index in [9.17, 15) is 19.6 Å². The van der Waals surface area contributed by atoms with Crippen LogP contribution in [0.15, 0.2) is 47.5 Å². The molecule has 2 heterocycles. The first kappa shape index (κ1) is 23.2. The molecule has 0 aliphatic heterocycles. The molecule has 33 heavy (non-hydrogen) atoms. The van der Waals surface area contributed by atoms with Gasteiger partial charge in [-0.15, -0.1) is 0 Å². The summed E-state index contributed by atoms with van der Waals surface area (Å²) < 4.78 is 5.36. The molecule has 9 heteroatoms. The van der Waals surface area contributed by atoms with Gasteiger partial charge in [0.15, 0.2) is 0 Å². The maximum Gasteiger partial charge on any atom is 0.266 e. The molecule has 2 amide bonds. The SMILES string of the molecule is COc1cc(NC(=O)CCc2c(C)[nH]c(=O)c(C#N)c2C)ccc1NC(=O)c1cccnc1. The number of H-pyrrole nitrogens is 1. The molecular weight excluding hydrogens is 422 g/mol. The maximum atomic E-state index is 12.5. The number of aromatic nitrogens is 2. The molecular formula is C24H23N5O4. The number of pyridine rings is 2. The number of ether oxygens (including phenoxy) is 1. The number of nitriles is 1. The van der Waals surface area contributed by atoms with Crippen molar-refractivity contribution >= 4 is 23.2 Å². The van der Waals surface area contributed by atoms with Gasteiger partial charge in [0.25, 0.3) is 11.5 Å². The maximum absolute atomic E-state index is 12.5. The summed E-state index contributed by atoms with van der Waals surface area (Å²) in [5.41, 5.74) is 2.99. The molecule has 1 aromatic carbocycles. The first-order chi connectivity index (χ1) is 15.8. The number of rotatable bonds is 7. The fourth-order valence-corrected chi connectivity index (χ4v) is 3.45. The topological polar surface area (TPSA) is 137 Å². The number of anilines is 2. The monoisotopic (exact) mass is 445 g/mol. The highest BCUT2D eigenvalue weighted by atomic mass is 16.5. The third kappa shape index (κ3) is 5.43. The minimum absolute atomic E-state index is 0.0599. The summed E-state index contributed by atoms with van der Waals surface area (Å²) in [4.78, 5) is 43.3. The lowest BCUT2D eigenvalue weighted by molar-refractivity contribution is -0.116. The van der Waals surface area contributed by atoms with Gasteiger partial charge >= 0.3 is 0 Å². The van der Waals surface area contributed by atoms with E-state index >= 15 is 0 Å². The molecule has 0 atom stereocenters. The number of aryl methyl sites for hydroxylation is 1. The van der Waals surface area contributed by atoms with Gasteiger partial charge in [-0.05, 0) is 55.7 Å². The largest absolute Gasteiger partial charge is 0.494 e. The lowest BCUT2D eigenvalue weighted by Crippen LogP contribution is -2.18. The van der Waals surface area contributed by atoms with Gasteiger partial charge in [0.2, 0.25) is 5.91 Å².